The van der Waals surface area contributed by atoms with Crippen molar-refractivity contribution in [3.8, 4) is 0 Å². The number of carbonyl (C=O) groups is 2. The fourth-order valence-electron chi connectivity index (χ4n) is 3.18. The van der Waals surface area contributed by atoms with Crippen LogP contribution in [-0.2, 0) is 9.59 Å². The zero-order valence-electron chi connectivity index (χ0n) is 9.76. The maximum absolute atomic E-state index is 12.0. The number of nitrogens with zero attached hydrogens (tertiary/aromatic N) is 1. The van der Waals surface area contributed by atoms with Crippen molar-refractivity contribution in [1.29, 1.82) is 0 Å². The van der Waals surface area contributed by atoms with Gasteiger partial charge >= 0.3 is 0 Å². The van der Waals surface area contributed by atoms with E-state index in [-0.39, 0.29) is 18.0 Å². The van der Waals surface area contributed by atoms with Gasteiger partial charge in [0.1, 0.15) is 6.29 Å². The van der Waals surface area contributed by atoms with Crippen LogP contribution in [0.3, 0.4) is 0 Å². The van der Waals surface area contributed by atoms with Crippen LogP contribution in [0.1, 0.15) is 39.0 Å². The average Bonchev–Trinajstić information content (AvgIpc) is 2.66. The Bertz CT molecular complexity index is 291. The molecule has 1 heterocycles. The molecule has 1 aliphatic carbocycles. The van der Waals surface area contributed by atoms with Crippen LogP contribution in [0.2, 0.25) is 0 Å². The molecule has 1 saturated heterocycles. The van der Waals surface area contributed by atoms with Gasteiger partial charge in [-0.3, -0.25) is 4.79 Å². The van der Waals surface area contributed by atoms with Crippen molar-refractivity contribution in [2.75, 3.05) is 0 Å². The van der Waals surface area contributed by atoms with E-state index in [4.69, 9.17) is 5.73 Å². The summed E-state index contributed by atoms with van der Waals surface area (Å²) in [4.78, 5) is 24.8. The molecule has 0 spiro atoms. The van der Waals surface area contributed by atoms with Gasteiger partial charge in [0.05, 0.1) is 12.1 Å². The minimum Gasteiger partial charge on any atom is -0.328 e. The molecule has 4 heteroatoms. The van der Waals surface area contributed by atoms with Crippen LogP contribution in [-0.4, -0.2) is 35.2 Å². The molecule has 4 nitrogen and oxygen atoms in total. The number of likely N-dealkylation sites (tertiary alicyclic amines) is 1. The van der Waals surface area contributed by atoms with E-state index >= 15 is 0 Å². The van der Waals surface area contributed by atoms with Gasteiger partial charge in [-0.2, -0.15) is 0 Å². The summed E-state index contributed by atoms with van der Waals surface area (Å²) in [5.41, 5.74) is 5.65. The fourth-order valence-corrected chi connectivity index (χ4v) is 3.18. The molecular formula is C12H20N2O2. The number of fused-ring (bicyclic) bond motifs is 1. The van der Waals surface area contributed by atoms with Crippen molar-refractivity contribution in [1.82, 2.24) is 4.90 Å². The standard InChI is InChI=1S/C12H20N2O2/c1-8(13)12(16)14-10(7-15)6-9-4-2-3-5-11(9)14/h7-11H,2-6,13H2,1H3/t8-,9-,10-,11-/m0/s1. The Kier molecular flexibility index (Phi) is 3.28. The summed E-state index contributed by atoms with van der Waals surface area (Å²) in [5, 5.41) is 0. The third-order valence-electron chi connectivity index (χ3n) is 3.93. The van der Waals surface area contributed by atoms with Crippen LogP contribution in [0.15, 0.2) is 0 Å². The lowest BCUT2D eigenvalue weighted by molar-refractivity contribution is -0.138. The van der Waals surface area contributed by atoms with E-state index in [2.05, 4.69) is 0 Å². The normalized spacial score (nSPS) is 35.6. The van der Waals surface area contributed by atoms with Crippen molar-refractivity contribution < 1.29 is 9.59 Å². The summed E-state index contributed by atoms with van der Waals surface area (Å²) in [6, 6.07) is -0.461. The van der Waals surface area contributed by atoms with Gasteiger partial charge in [0, 0.05) is 6.04 Å². The van der Waals surface area contributed by atoms with Crippen LogP contribution < -0.4 is 5.73 Å². The SMILES string of the molecule is C[C@H](N)C(=O)N1[C@H](C=O)C[C@@H]2CCCC[C@@H]21. The number of nitrogens with two attached hydrogens (primary N) is 1. The van der Waals surface area contributed by atoms with Crippen LogP contribution in [0.25, 0.3) is 0 Å². The summed E-state index contributed by atoms with van der Waals surface area (Å²) >= 11 is 0. The lowest BCUT2D eigenvalue weighted by Crippen LogP contribution is -2.50. The Labute approximate surface area is 96.2 Å². The molecule has 0 aromatic heterocycles. The van der Waals surface area contributed by atoms with Crippen molar-refractivity contribution >= 4 is 12.2 Å². The first-order valence-electron chi connectivity index (χ1n) is 6.18. The highest BCUT2D eigenvalue weighted by Crippen LogP contribution is 2.39. The fraction of sp³-hybridized carbons (Fsp3) is 0.833. The first kappa shape index (κ1) is 11.6. The number of rotatable bonds is 2. The van der Waals surface area contributed by atoms with Crippen molar-refractivity contribution in [2.24, 2.45) is 11.7 Å². The molecule has 90 valence electrons. The molecule has 2 rings (SSSR count). The summed E-state index contributed by atoms with van der Waals surface area (Å²) < 4.78 is 0. The van der Waals surface area contributed by atoms with Crippen molar-refractivity contribution in [3.05, 3.63) is 0 Å². The Morgan fingerprint density at radius 3 is 2.75 bits per heavy atom. The van der Waals surface area contributed by atoms with Gasteiger partial charge in [-0.25, -0.2) is 0 Å². The molecule has 4 atom stereocenters. The topological polar surface area (TPSA) is 63.4 Å². The first-order chi connectivity index (χ1) is 7.65. The summed E-state index contributed by atoms with van der Waals surface area (Å²) in [6.07, 6.45) is 6.33. The second-order valence-corrected chi connectivity index (χ2v) is 5.09. The van der Waals surface area contributed by atoms with E-state index in [1.54, 1.807) is 11.8 Å². The molecule has 0 unspecified atom stereocenters. The third kappa shape index (κ3) is 1.86. The molecule has 1 aliphatic heterocycles. The van der Waals surface area contributed by atoms with Gasteiger partial charge in [0.25, 0.3) is 0 Å². The van der Waals surface area contributed by atoms with Crippen LogP contribution in [0.4, 0.5) is 0 Å². The first-order valence-corrected chi connectivity index (χ1v) is 6.18. The number of hydrogen-bond donors (Lipinski definition) is 1. The van der Waals surface area contributed by atoms with E-state index in [1.165, 1.54) is 6.42 Å². The van der Waals surface area contributed by atoms with Gasteiger partial charge in [-0.05, 0) is 32.1 Å². The molecular weight excluding hydrogens is 204 g/mol. The maximum atomic E-state index is 12.0. The maximum Gasteiger partial charge on any atom is 0.240 e. The molecule has 1 saturated carbocycles. The summed E-state index contributed by atoms with van der Waals surface area (Å²) in [5.74, 6) is 0.457. The van der Waals surface area contributed by atoms with Gasteiger partial charge in [0.2, 0.25) is 5.91 Å². The Morgan fingerprint density at radius 1 is 1.44 bits per heavy atom. The van der Waals surface area contributed by atoms with E-state index < -0.39 is 6.04 Å². The van der Waals surface area contributed by atoms with E-state index in [1.807, 2.05) is 0 Å². The monoisotopic (exact) mass is 224 g/mol. The van der Waals surface area contributed by atoms with E-state index in [9.17, 15) is 9.59 Å². The number of amides is 1. The van der Waals surface area contributed by atoms with E-state index in [0.29, 0.717) is 5.92 Å². The Hall–Kier alpha value is -0.900. The van der Waals surface area contributed by atoms with Gasteiger partial charge in [-0.15, -0.1) is 0 Å². The molecule has 16 heavy (non-hydrogen) atoms. The summed E-state index contributed by atoms with van der Waals surface area (Å²) in [6.45, 7) is 1.69. The highest BCUT2D eigenvalue weighted by Gasteiger charge is 2.44. The predicted molar refractivity (Wildman–Crippen MR) is 60.7 cm³/mol. The number of aldehydes is 1. The lowest BCUT2D eigenvalue weighted by Gasteiger charge is -2.33. The number of carbonyl (C=O) groups excluding carboxylic acids is 2. The molecule has 1 amide bonds. The molecule has 2 aliphatic rings. The second kappa shape index (κ2) is 4.53. The van der Waals surface area contributed by atoms with Gasteiger partial charge < -0.3 is 15.4 Å². The number of hydrogen-bond acceptors (Lipinski definition) is 3. The molecule has 2 fully saturated rings. The zero-order valence-corrected chi connectivity index (χ0v) is 9.76. The Morgan fingerprint density at radius 2 is 2.12 bits per heavy atom. The average molecular weight is 224 g/mol. The minimum absolute atomic E-state index is 0.0634. The van der Waals surface area contributed by atoms with Gasteiger partial charge in [-0.1, -0.05) is 12.8 Å². The largest absolute Gasteiger partial charge is 0.328 e. The third-order valence-corrected chi connectivity index (χ3v) is 3.93. The van der Waals surface area contributed by atoms with E-state index in [0.717, 1.165) is 32.0 Å². The molecule has 0 aromatic rings. The highest BCUT2D eigenvalue weighted by molar-refractivity contribution is 5.85. The van der Waals surface area contributed by atoms with Crippen LogP contribution >= 0.6 is 0 Å². The molecule has 2 N–H and O–H groups in total. The molecule has 0 bridgehead atoms. The molecule has 0 radical (unpaired) electrons. The van der Waals surface area contributed by atoms with Gasteiger partial charge in [0.15, 0.2) is 0 Å². The Balaban J connectivity index is 2.18. The highest BCUT2D eigenvalue weighted by atomic mass is 16.2. The van der Waals surface area contributed by atoms with Crippen LogP contribution in [0, 0.1) is 5.92 Å². The minimum atomic E-state index is -0.497. The zero-order chi connectivity index (χ0) is 11.7. The summed E-state index contributed by atoms with van der Waals surface area (Å²) in [7, 11) is 0. The lowest BCUT2D eigenvalue weighted by atomic mass is 9.85. The van der Waals surface area contributed by atoms with Crippen molar-refractivity contribution in [2.45, 2.75) is 57.2 Å². The molecule has 0 aromatic carbocycles. The smallest absolute Gasteiger partial charge is 0.240 e. The quantitative estimate of drug-likeness (QED) is 0.702. The van der Waals surface area contributed by atoms with Crippen molar-refractivity contribution in [3.63, 3.8) is 0 Å². The van der Waals surface area contributed by atoms with Crippen LogP contribution in [0.5, 0.6) is 0 Å². The second-order valence-electron chi connectivity index (χ2n) is 5.09. The predicted octanol–water partition coefficient (Wildman–Crippen LogP) is 0.692.